The molecule has 0 spiro atoms. The number of aryl methyl sites for hydroxylation is 2. The van der Waals surface area contributed by atoms with Crippen molar-refractivity contribution in [3.63, 3.8) is 0 Å². The topological polar surface area (TPSA) is 66.6 Å². The quantitative estimate of drug-likeness (QED) is 0.729. The average molecular weight is 324 g/mol. The minimum Gasteiger partial charge on any atom is -0.484 e. The number of hydrogen-bond acceptors (Lipinski definition) is 6. The number of benzene rings is 2. The molecule has 24 heavy (non-hydrogen) atoms. The van der Waals surface area contributed by atoms with E-state index in [4.69, 9.17) is 18.7 Å². The minimum atomic E-state index is 0.222. The van der Waals surface area contributed by atoms with Gasteiger partial charge in [0.05, 0.1) is 0 Å². The van der Waals surface area contributed by atoms with Gasteiger partial charge in [0.15, 0.2) is 18.1 Å². The van der Waals surface area contributed by atoms with Crippen molar-refractivity contribution >= 4 is 0 Å². The van der Waals surface area contributed by atoms with Crippen molar-refractivity contribution in [1.82, 2.24) is 10.1 Å². The van der Waals surface area contributed by atoms with Crippen LogP contribution < -0.4 is 14.2 Å². The zero-order valence-electron chi connectivity index (χ0n) is 13.4. The van der Waals surface area contributed by atoms with Gasteiger partial charge < -0.3 is 18.7 Å². The molecule has 0 aliphatic carbocycles. The summed E-state index contributed by atoms with van der Waals surface area (Å²) in [5.74, 6) is 3.10. The van der Waals surface area contributed by atoms with Crippen LogP contribution in [0.5, 0.6) is 17.2 Å². The van der Waals surface area contributed by atoms with E-state index in [9.17, 15) is 0 Å². The van der Waals surface area contributed by atoms with Crippen LogP contribution in [0.25, 0.3) is 11.4 Å². The Morgan fingerprint density at radius 1 is 1.00 bits per heavy atom. The molecule has 0 unspecified atom stereocenters. The first-order chi connectivity index (χ1) is 11.7. The fourth-order valence-corrected chi connectivity index (χ4v) is 2.42. The minimum absolute atomic E-state index is 0.222. The molecule has 122 valence electrons. The fraction of sp³-hybridized carbons (Fsp3) is 0.222. The van der Waals surface area contributed by atoms with Gasteiger partial charge in [0.2, 0.25) is 12.6 Å². The van der Waals surface area contributed by atoms with Crippen molar-refractivity contribution in [2.75, 3.05) is 6.79 Å². The first kappa shape index (κ1) is 14.6. The predicted molar refractivity (Wildman–Crippen MR) is 86.1 cm³/mol. The van der Waals surface area contributed by atoms with Crippen LogP contribution in [0.2, 0.25) is 0 Å². The van der Waals surface area contributed by atoms with Crippen molar-refractivity contribution in [2.24, 2.45) is 0 Å². The summed E-state index contributed by atoms with van der Waals surface area (Å²) in [5, 5.41) is 3.99. The van der Waals surface area contributed by atoms with Crippen molar-refractivity contribution in [3.8, 4) is 28.6 Å². The van der Waals surface area contributed by atoms with E-state index < -0.39 is 0 Å². The van der Waals surface area contributed by atoms with Gasteiger partial charge in [-0.3, -0.25) is 0 Å². The predicted octanol–water partition coefficient (Wildman–Crippen LogP) is 3.66. The number of fused-ring (bicyclic) bond motifs is 1. The molecule has 4 rings (SSSR count). The van der Waals surface area contributed by atoms with Crippen LogP contribution in [0.15, 0.2) is 40.9 Å². The van der Waals surface area contributed by atoms with Crippen LogP contribution in [0.4, 0.5) is 0 Å². The molecule has 0 fully saturated rings. The van der Waals surface area contributed by atoms with E-state index >= 15 is 0 Å². The molecule has 1 aliphatic heterocycles. The van der Waals surface area contributed by atoms with Crippen molar-refractivity contribution in [3.05, 3.63) is 53.4 Å². The maximum atomic E-state index is 5.71. The first-order valence-corrected chi connectivity index (χ1v) is 7.62. The lowest BCUT2D eigenvalue weighted by atomic mass is 10.1. The third kappa shape index (κ3) is 2.78. The molecule has 3 aromatic rings. The van der Waals surface area contributed by atoms with Crippen LogP contribution in [-0.2, 0) is 6.61 Å². The van der Waals surface area contributed by atoms with Crippen molar-refractivity contribution in [1.29, 1.82) is 0 Å². The van der Waals surface area contributed by atoms with Gasteiger partial charge in [-0.05, 0) is 55.3 Å². The Morgan fingerprint density at radius 2 is 1.88 bits per heavy atom. The Labute approximate surface area is 139 Å². The Hall–Kier alpha value is -3.02. The molecule has 1 aliphatic rings. The third-order valence-corrected chi connectivity index (χ3v) is 3.94. The summed E-state index contributed by atoms with van der Waals surface area (Å²) >= 11 is 0. The molecule has 0 amide bonds. The van der Waals surface area contributed by atoms with Gasteiger partial charge in [-0.1, -0.05) is 11.2 Å². The highest BCUT2D eigenvalue weighted by Crippen LogP contribution is 2.35. The fourth-order valence-electron chi connectivity index (χ4n) is 2.42. The first-order valence-electron chi connectivity index (χ1n) is 7.62. The van der Waals surface area contributed by atoms with E-state index in [0.29, 0.717) is 17.5 Å². The van der Waals surface area contributed by atoms with Crippen molar-refractivity contribution < 1.29 is 18.7 Å². The average Bonchev–Trinajstić information content (AvgIpc) is 3.24. The van der Waals surface area contributed by atoms with Gasteiger partial charge in [-0.2, -0.15) is 4.98 Å². The Morgan fingerprint density at radius 3 is 2.75 bits per heavy atom. The molecule has 0 bridgehead atoms. The number of ether oxygens (including phenoxy) is 3. The summed E-state index contributed by atoms with van der Waals surface area (Å²) < 4.78 is 21.6. The molecular formula is C18H16N2O4. The maximum Gasteiger partial charge on any atom is 0.264 e. The summed E-state index contributed by atoms with van der Waals surface area (Å²) in [5.41, 5.74) is 3.21. The largest absolute Gasteiger partial charge is 0.484 e. The molecule has 1 aromatic heterocycles. The summed E-state index contributed by atoms with van der Waals surface area (Å²) in [6.07, 6.45) is 0. The van der Waals surface area contributed by atoms with Gasteiger partial charge >= 0.3 is 0 Å². The van der Waals surface area contributed by atoms with Crippen LogP contribution in [0.3, 0.4) is 0 Å². The normalized spacial score (nSPS) is 12.4. The maximum absolute atomic E-state index is 5.71. The van der Waals surface area contributed by atoms with E-state index in [0.717, 1.165) is 17.1 Å². The molecule has 2 aromatic carbocycles. The number of hydrogen-bond donors (Lipinski definition) is 0. The zero-order chi connectivity index (χ0) is 16.5. The molecule has 0 saturated carbocycles. The molecule has 2 heterocycles. The number of nitrogens with zero attached hydrogens (tertiary/aromatic N) is 2. The highest BCUT2D eigenvalue weighted by Gasteiger charge is 2.16. The molecular weight excluding hydrogens is 308 g/mol. The van der Waals surface area contributed by atoms with Gasteiger partial charge in [-0.15, -0.1) is 0 Å². The van der Waals surface area contributed by atoms with Crippen LogP contribution in [0, 0.1) is 13.8 Å². The molecule has 0 atom stereocenters. The standard InChI is InChI=1S/C18H16N2O4/c1-11-3-5-14(7-12(11)2)21-9-17-19-18(20-24-17)13-4-6-15-16(8-13)23-10-22-15/h3-8H,9-10H2,1-2H3. The lowest BCUT2D eigenvalue weighted by molar-refractivity contribution is 0.174. The molecule has 0 N–H and O–H groups in total. The van der Waals surface area contributed by atoms with Crippen LogP contribution >= 0.6 is 0 Å². The Balaban J connectivity index is 1.47. The lowest BCUT2D eigenvalue weighted by Crippen LogP contribution is -1.96. The van der Waals surface area contributed by atoms with Gasteiger partial charge in [0.25, 0.3) is 5.89 Å². The van der Waals surface area contributed by atoms with E-state index in [-0.39, 0.29) is 13.4 Å². The second-order valence-corrected chi connectivity index (χ2v) is 5.61. The summed E-state index contributed by atoms with van der Waals surface area (Å²) in [6, 6.07) is 11.5. The molecule has 6 heteroatoms. The second kappa shape index (κ2) is 5.88. The third-order valence-electron chi connectivity index (χ3n) is 3.94. The van der Waals surface area contributed by atoms with E-state index in [2.05, 4.69) is 17.1 Å². The molecule has 0 radical (unpaired) electrons. The highest BCUT2D eigenvalue weighted by atomic mass is 16.7. The monoisotopic (exact) mass is 324 g/mol. The van der Waals surface area contributed by atoms with Gasteiger partial charge in [0.1, 0.15) is 5.75 Å². The Kier molecular flexibility index (Phi) is 3.57. The summed E-state index contributed by atoms with van der Waals surface area (Å²) in [7, 11) is 0. The van der Waals surface area contributed by atoms with Crippen molar-refractivity contribution in [2.45, 2.75) is 20.5 Å². The van der Waals surface area contributed by atoms with E-state index in [1.165, 1.54) is 11.1 Å². The summed E-state index contributed by atoms with van der Waals surface area (Å²) in [6.45, 7) is 4.57. The number of rotatable bonds is 4. The number of aromatic nitrogens is 2. The smallest absolute Gasteiger partial charge is 0.264 e. The zero-order valence-corrected chi connectivity index (χ0v) is 13.4. The van der Waals surface area contributed by atoms with E-state index in [1.54, 1.807) is 0 Å². The molecule has 6 nitrogen and oxygen atoms in total. The van der Waals surface area contributed by atoms with Crippen LogP contribution in [-0.4, -0.2) is 16.9 Å². The SMILES string of the molecule is Cc1ccc(OCc2nc(-c3ccc4c(c3)OCO4)no2)cc1C. The Bertz CT molecular complexity index is 888. The van der Waals surface area contributed by atoms with E-state index in [1.807, 2.05) is 43.3 Å². The summed E-state index contributed by atoms with van der Waals surface area (Å²) in [4.78, 5) is 4.36. The van der Waals surface area contributed by atoms with Gasteiger partial charge in [0, 0.05) is 5.56 Å². The lowest BCUT2D eigenvalue weighted by Gasteiger charge is -2.05. The second-order valence-electron chi connectivity index (χ2n) is 5.61. The van der Waals surface area contributed by atoms with Gasteiger partial charge in [-0.25, -0.2) is 0 Å². The van der Waals surface area contributed by atoms with Crippen LogP contribution in [0.1, 0.15) is 17.0 Å². The molecule has 0 saturated heterocycles. The highest BCUT2D eigenvalue weighted by molar-refractivity contribution is 5.61.